The fraction of sp³-hybridized carbons (Fsp3) is 0.389. The molecule has 5 nitrogen and oxygen atoms in total. The van der Waals surface area contributed by atoms with Crippen LogP contribution in [-0.4, -0.2) is 29.9 Å². The maximum atomic E-state index is 13.0. The number of fused-ring (bicyclic) bond motifs is 1. The van der Waals surface area contributed by atoms with E-state index in [-0.39, 0.29) is 24.3 Å². The highest BCUT2D eigenvalue weighted by Gasteiger charge is 2.32. The summed E-state index contributed by atoms with van der Waals surface area (Å²) in [4.78, 5) is 33.2. The van der Waals surface area contributed by atoms with Crippen molar-refractivity contribution in [1.29, 1.82) is 0 Å². The molecule has 0 bridgehead atoms. The zero-order valence-electron chi connectivity index (χ0n) is 14.2. The molecule has 0 fully saturated rings. The summed E-state index contributed by atoms with van der Waals surface area (Å²) in [5.74, 6) is -0.00168. The number of hydrogen-bond acceptors (Lipinski definition) is 4. The van der Waals surface area contributed by atoms with E-state index in [2.05, 4.69) is 11.9 Å². The molecule has 1 atom stereocenters. The summed E-state index contributed by atoms with van der Waals surface area (Å²) in [6, 6.07) is 7.38. The van der Waals surface area contributed by atoms with Gasteiger partial charge >= 0.3 is 0 Å². The molecule has 0 saturated heterocycles. The Labute approximate surface area is 145 Å². The first kappa shape index (κ1) is 16.6. The fourth-order valence-corrected chi connectivity index (χ4v) is 3.76. The van der Waals surface area contributed by atoms with Crippen LogP contribution in [0.4, 0.5) is 11.4 Å². The van der Waals surface area contributed by atoms with Gasteiger partial charge in [0.25, 0.3) is 0 Å². The third-order valence-corrected chi connectivity index (χ3v) is 5.33. The maximum Gasteiger partial charge on any atom is 0.233 e. The van der Waals surface area contributed by atoms with Gasteiger partial charge < -0.3 is 9.80 Å². The quantitative estimate of drug-likeness (QED) is 0.861. The van der Waals surface area contributed by atoms with Crippen molar-refractivity contribution < 1.29 is 9.59 Å². The summed E-state index contributed by atoms with van der Waals surface area (Å²) in [6.07, 6.45) is 1.45. The van der Waals surface area contributed by atoms with Crippen LogP contribution in [0.5, 0.6) is 0 Å². The Bertz CT molecular complexity index is 771. The van der Waals surface area contributed by atoms with Crippen LogP contribution in [0.25, 0.3) is 0 Å². The molecule has 24 heavy (non-hydrogen) atoms. The number of carbonyl (C=O) groups is 2. The zero-order chi connectivity index (χ0) is 17.3. The molecule has 1 aromatic carbocycles. The van der Waals surface area contributed by atoms with Crippen LogP contribution in [0.3, 0.4) is 0 Å². The number of hydrogen-bond donors (Lipinski definition) is 0. The van der Waals surface area contributed by atoms with Gasteiger partial charge in [-0.15, -0.1) is 11.3 Å². The molecule has 0 unspecified atom stereocenters. The van der Waals surface area contributed by atoms with E-state index in [1.165, 1.54) is 0 Å². The van der Waals surface area contributed by atoms with Gasteiger partial charge in [-0.3, -0.25) is 9.59 Å². The third-order valence-electron chi connectivity index (χ3n) is 4.29. The number of anilines is 2. The van der Waals surface area contributed by atoms with Gasteiger partial charge in [-0.25, -0.2) is 4.98 Å². The SMILES string of the molecule is CCc1nc(CC(=O)N2c3ccccc3N(C)C(=O)C[C@H]2C)cs1. The van der Waals surface area contributed by atoms with Crippen LogP contribution < -0.4 is 9.80 Å². The van der Waals surface area contributed by atoms with E-state index in [9.17, 15) is 9.59 Å². The highest BCUT2D eigenvalue weighted by Crippen LogP contribution is 2.34. The number of aromatic nitrogens is 1. The van der Waals surface area contributed by atoms with Gasteiger partial charge in [0.05, 0.1) is 28.5 Å². The first-order valence-corrected chi connectivity index (χ1v) is 9.00. The second-order valence-electron chi connectivity index (χ2n) is 6.02. The molecule has 126 valence electrons. The first-order chi connectivity index (χ1) is 11.5. The minimum Gasteiger partial charge on any atom is -0.313 e. The van der Waals surface area contributed by atoms with E-state index in [4.69, 9.17) is 0 Å². The van der Waals surface area contributed by atoms with Gasteiger partial charge in [-0.2, -0.15) is 0 Å². The maximum absolute atomic E-state index is 13.0. The lowest BCUT2D eigenvalue weighted by Gasteiger charge is -2.28. The van der Waals surface area contributed by atoms with Crippen molar-refractivity contribution in [3.8, 4) is 0 Å². The van der Waals surface area contributed by atoms with Crippen LogP contribution in [-0.2, 0) is 22.4 Å². The molecule has 1 aliphatic heterocycles. The van der Waals surface area contributed by atoms with Crippen molar-refractivity contribution in [3.63, 3.8) is 0 Å². The second-order valence-corrected chi connectivity index (χ2v) is 6.96. The number of amides is 2. The van der Waals surface area contributed by atoms with Crippen LogP contribution in [0.1, 0.15) is 31.0 Å². The predicted molar refractivity (Wildman–Crippen MR) is 96.6 cm³/mol. The summed E-state index contributed by atoms with van der Waals surface area (Å²) >= 11 is 1.59. The fourth-order valence-electron chi connectivity index (χ4n) is 3.02. The largest absolute Gasteiger partial charge is 0.313 e. The van der Waals surface area contributed by atoms with E-state index >= 15 is 0 Å². The number of benzene rings is 1. The van der Waals surface area contributed by atoms with Crippen LogP contribution in [0.2, 0.25) is 0 Å². The Kier molecular flexibility index (Phi) is 4.66. The Morgan fingerprint density at radius 2 is 2.04 bits per heavy atom. The van der Waals surface area contributed by atoms with Gasteiger partial charge in [0, 0.05) is 24.9 Å². The molecular weight excluding hydrogens is 322 g/mol. The summed E-state index contributed by atoms with van der Waals surface area (Å²) < 4.78 is 0. The van der Waals surface area contributed by atoms with Gasteiger partial charge in [-0.1, -0.05) is 19.1 Å². The average molecular weight is 343 g/mol. The van der Waals surface area contributed by atoms with Gasteiger partial charge in [-0.05, 0) is 25.5 Å². The van der Waals surface area contributed by atoms with Crippen molar-refractivity contribution >= 4 is 34.5 Å². The molecule has 1 aliphatic rings. The molecule has 3 rings (SSSR count). The number of thiazole rings is 1. The monoisotopic (exact) mass is 343 g/mol. The Morgan fingerprint density at radius 1 is 1.33 bits per heavy atom. The van der Waals surface area contributed by atoms with Gasteiger partial charge in [0.15, 0.2) is 0 Å². The first-order valence-electron chi connectivity index (χ1n) is 8.12. The number of rotatable bonds is 3. The smallest absolute Gasteiger partial charge is 0.233 e. The van der Waals surface area contributed by atoms with Crippen LogP contribution in [0, 0.1) is 0 Å². The second kappa shape index (κ2) is 6.73. The van der Waals surface area contributed by atoms with E-state index in [0.717, 1.165) is 28.5 Å². The lowest BCUT2D eigenvalue weighted by Crippen LogP contribution is -2.40. The normalized spacial score (nSPS) is 17.6. The number of para-hydroxylation sites is 2. The molecule has 0 aliphatic carbocycles. The average Bonchev–Trinajstić information content (AvgIpc) is 2.98. The Hall–Kier alpha value is -2.21. The standard InChI is InChI=1S/C18H21N3O2S/c1-4-16-19-13(11-24-16)10-18(23)21-12(2)9-17(22)20(3)14-7-5-6-8-15(14)21/h5-8,11-12H,4,9-10H2,1-3H3/t12-/m1/s1. The van der Waals surface area contributed by atoms with Crippen LogP contribution >= 0.6 is 11.3 Å². The molecule has 0 spiro atoms. The van der Waals surface area contributed by atoms with Gasteiger partial charge in [0.1, 0.15) is 0 Å². The molecule has 2 aromatic rings. The minimum absolute atomic E-state index is 0.0205. The molecule has 0 saturated carbocycles. The Morgan fingerprint density at radius 3 is 2.71 bits per heavy atom. The molecule has 1 aromatic heterocycles. The van der Waals surface area contributed by atoms with Crippen molar-refractivity contribution in [2.24, 2.45) is 0 Å². The van der Waals surface area contributed by atoms with Crippen molar-refractivity contribution in [2.75, 3.05) is 16.8 Å². The third kappa shape index (κ3) is 3.06. The number of aryl methyl sites for hydroxylation is 1. The topological polar surface area (TPSA) is 53.5 Å². The predicted octanol–water partition coefficient (Wildman–Crippen LogP) is 3.04. The number of nitrogens with zero attached hydrogens (tertiary/aromatic N) is 3. The molecule has 2 amide bonds. The lowest BCUT2D eigenvalue weighted by molar-refractivity contribution is -0.119. The molecule has 2 heterocycles. The van der Waals surface area contributed by atoms with Crippen molar-refractivity contribution in [2.45, 2.75) is 39.2 Å². The summed E-state index contributed by atoms with van der Waals surface area (Å²) in [5.41, 5.74) is 2.36. The molecule has 0 radical (unpaired) electrons. The minimum atomic E-state index is -0.180. The van der Waals surface area contributed by atoms with E-state index in [1.807, 2.05) is 36.6 Å². The van der Waals surface area contributed by atoms with Crippen LogP contribution in [0.15, 0.2) is 29.6 Å². The highest BCUT2D eigenvalue weighted by atomic mass is 32.1. The van der Waals surface area contributed by atoms with Gasteiger partial charge in [0.2, 0.25) is 11.8 Å². The Balaban J connectivity index is 1.94. The molecular formula is C18H21N3O2S. The molecule has 0 N–H and O–H groups in total. The number of carbonyl (C=O) groups excluding carboxylic acids is 2. The zero-order valence-corrected chi connectivity index (χ0v) is 15.0. The summed E-state index contributed by atoms with van der Waals surface area (Å²) in [6.45, 7) is 3.98. The van der Waals surface area contributed by atoms with Crippen molar-refractivity contribution in [1.82, 2.24) is 4.98 Å². The van der Waals surface area contributed by atoms with E-state index in [1.54, 1.807) is 28.2 Å². The summed E-state index contributed by atoms with van der Waals surface area (Å²) in [7, 11) is 1.76. The molecule has 6 heteroatoms. The highest BCUT2D eigenvalue weighted by molar-refractivity contribution is 7.09. The lowest BCUT2D eigenvalue weighted by atomic mass is 10.1. The van der Waals surface area contributed by atoms with E-state index < -0.39 is 0 Å². The van der Waals surface area contributed by atoms with E-state index in [0.29, 0.717) is 6.42 Å². The summed E-state index contributed by atoms with van der Waals surface area (Å²) in [5, 5.41) is 2.99. The van der Waals surface area contributed by atoms with Crippen molar-refractivity contribution in [3.05, 3.63) is 40.3 Å².